The normalized spacial score (nSPS) is 20.8. The molecule has 3 atom stereocenters. The number of furan rings is 1. The molecule has 1 aromatic carbocycles. The van der Waals surface area contributed by atoms with Crippen LogP contribution in [0.1, 0.15) is 42.7 Å². The van der Waals surface area contributed by atoms with Crippen molar-refractivity contribution in [2.24, 2.45) is 18.9 Å². The zero-order valence-corrected chi connectivity index (χ0v) is 16.9. The summed E-state index contributed by atoms with van der Waals surface area (Å²) in [6, 6.07) is 7.87. The first kappa shape index (κ1) is 18.7. The van der Waals surface area contributed by atoms with Crippen LogP contribution in [0.25, 0.3) is 11.0 Å². The van der Waals surface area contributed by atoms with Gasteiger partial charge in [0.15, 0.2) is 0 Å². The maximum atomic E-state index is 13.2. The number of nitrogens with one attached hydrogen (secondary N) is 2. The van der Waals surface area contributed by atoms with Crippen molar-refractivity contribution in [3.63, 3.8) is 0 Å². The molecule has 2 aromatic heterocycles. The van der Waals surface area contributed by atoms with Gasteiger partial charge < -0.3 is 15.1 Å². The number of hydrogen-bond donors (Lipinski definition) is 2. The highest BCUT2D eigenvalue weighted by atomic mass is 16.3. The summed E-state index contributed by atoms with van der Waals surface area (Å²) < 4.78 is 7.95. The fourth-order valence-electron chi connectivity index (χ4n) is 4.22. The second kappa shape index (κ2) is 7.43. The summed E-state index contributed by atoms with van der Waals surface area (Å²) in [6.45, 7) is 7.76. The van der Waals surface area contributed by atoms with Crippen LogP contribution in [0, 0.1) is 18.8 Å². The lowest BCUT2D eigenvalue weighted by Crippen LogP contribution is -2.38. The molecule has 6 heteroatoms. The molecule has 0 bridgehead atoms. The van der Waals surface area contributed by atoms with E-state index in [9.17, 15) is 4.79 Å². The van der Waals surface area contributed by atoms with Gasteiger partial charge >= 0.3 is 0 Å². The van der Waals surface area contributed by atoms with Gasteiger partial charge in [0.1, 0.15) is 11.3 Å². The Morgan fingerprint density at radius 3 is 2.79 bits per heavy atom. The first-order chi connectivity index (χ1) is 13.5. The number of hydrogen-bond acceptors (Lipinski definition) is 4. The quantitative estimate of drug-likeness (QED) is 0.712. The molecule has 0 aliphatic carbocycles. The summed E-state index contributed by atoms with van der Waals surface area (Å²) in [6.07, 6.45) is 3.86. The Hall–Kier alpha value is -2.60. The van der Waals surface area contributed by atoms with Gasteiger partial charge in [-0.15, -0.1) is 0 Å². The third-order valence-electron chi connectivity index (χ3n) is 5.83. The van der Waals surface area contributed by atoms with Crippen molar-refractivity contribution in [3.05, 3.63) is 53.5 Å². The van der Waals surface area contributed by atoms with E-state index in [0.717, 1.165) is 34.4 Å². The highest BCUT2D eigenvalue weighted by Gasteiger charge is 2.36. The Morgan fingerprint density at radius 1 is 1.32 bits per heavy atom. The molecule has 0 spiro atoms. The second-order valence-electron chi connectivity index (χ2n) is 8.14. The first-order valence-corrected chi connectivity index (χ1v) is 9.93. The Balaban J connectivity index is 1.59. The van der Waals surface area contributed by atoms with E-state index in [1.807, 2.05) is 37.6 Å². The van der Waals surface area contributed by atoms with E-state index in [0.29, 0.717) is 6.54 Å². The molecule has 28 heavy (non-hydrogen) atoms. The number of aryl methyl sites for hydroxylation is 2. The molecule has 3 heterocycles. The fraction of sp³-hybridized carbons (Fsp3) is 0.455. The molecule has 0 radical (unpaired) electrons. The summed E-state index contributed by atoms with van der Waals surface area (Å²) in [5.74, 6) is 1.16. The second-order valence-corrected chi connectivity index (χ2v) is 8.14. The molecule has 0 saturated carbocycles. The average Bonchev–Trinajstić information content (AvgIpc) is 3.38. The molecule has 1 unspecified atom stereocenters. The van der Waals surface area contributed by atoms with E-state index >= 15 is 0 Å². The number of carbonyl (C=O) groups is 1. The molecular weight excluding hydrogens is 352 g/mol. The minimum absolute atomic E-state index is 0.0670. The van der Waals surface area contributed by atoms with Gasteiger partial charge in [0.25, 0.3) is 0 Å². The highest BCUT2D eigenvalue weighted by Crippen LogP contribution is 2.34. The van der Waals surface area contributed by atoms with Crippen molar-refractivity contribution in [1.29, 1.82) is 0 Å². The van der Waals surface area contributed by atoms with Crippen LogP contribution in [-0.2, 0) is 11.8 Å². The molecule has 1 fully saturated rings. The number of para-hydroxylation sites is 1. The molecule has 6 nitrogen and oxygen atoms in total. The molecular formula is C22H28N4O2. The SMILES string of the molecule is Cc1c(C(NC(=O)[C@H]2CNC[C@@H]2c2cnn(C)c2)C(C)C)oc2ccccc12. The molecule has 1 aliphatic heterocycles. The summed E-state index contributed by atoms with van der Waals surface area (Å²) in [5, 5.41) is 12.0. The molecule has 1 saturated heterocycles. The zero-order valence-electron chi connectivity index (χ0n) is 16.9. The van der Waals surface area contributed by atoms with Crippen molar-refractivity contribution < 1.29 is 9.21 Å². The average molecular weight is 380 g/mol. The molecule has 148 valence electrons. The first-order valence-electron chi connectivity index (χ1n) is 9.93. The maximum Gasteiger partial charge on any atom is 0.225 e. The van der Waals surface area contributed by atoms with Gasteiger partial charge in [0, 0.05) is 43.2 Å². The van der Waals surface area contributed by atoms with E-state index in [1.165, 1.54) is 0 Å². The van der Waals surface area contributed by atoms with Crippen LogP contribution in [0.5, 0.6) is 0 Å². The summed E-state index contributed by atoms with van der Waals surface area (Å²) in [5.41, 5.74) is 3.07. The minimum atomic E-state index is -0.157. The highest BCUT2D eigenvalue weighted by molar-refractivity contribution is 5.83. The van der Waals surface area contributed by atoms with Gasteiger partial charge in [-0.25, -0.2) is 0 Å². The van der Waals surface area contributed by atoms with Crippen LogP contribution in [-0.4, -0.2) is 28.8 Å². The van der Waals surface area contributed by atoms with Gasteiger partial charge in [0.05, 0.1) is 18.2 Å². The van der Waals surface area contributed by atoms with E-state index < -0.39 is 0 Å². The van der Waals surface area contributed by atoms with Crippen molar-refractivity contribution in [2.75, 3.05) is 13.1 Å². The monoisotopic (exact) mass is 380 g/mol. The summed E-state index contributed by atoms with van der Waals surface area (Å²) in [4.78, 5) is 13.2. The van der Waals surface area contributed by atoms with Crippen molar-refractivity contribution >= 4 is 16.9 Å². The lowest BCUT2D eigenvalue weighted by molar-refractivity contribution is -0.126. The number of rotatable bonds is 5. The maximum absolute atomic E-state index is 13.2. The van der Waals surface area contributed by atoms with Gasteiger partial charge in [0.2, 0.25) is 5.91 Å². The van der Waals surface area contributed by atoms with Crippen LogP contribution >= 0.6 is 0 Å². The van der Waals surface area contributed by atoms with Crippen molar-refractivity contribution in [2.45, 2.75) is 32.7 Å². The van der Waals surface area contributed by atoms with E-state index in [4.69, 9.17) is 4.42 Å². The largest absolute Gasteiger partial charge is 0.459 e. The molecule has 2 N–H and O–H groups in total. The van der Waals surface area contributed by atoms with Gasteiger partial charge in [-0.3, -0.25) is 9.48 Å². The predicted octanol–water partition coefficient (Wildman–Crippen LogP) is 3.29. The number of benzene rings is 1. The van der Waals surface area contributed by atoms with Gasteiger partial charge in [-0.05, 0) is 24.5 Å². The van der Waals surface area contributed by atoms with Crippen LogP contribution in [0.3, 0.4) is 0 Å². The smallest absolute Gasteiger partial charge is 0.225 e. The molecule has 3 aromatic rings. The van der Waals surface area contributed by atoms with Crippen LogP contribution in [0.15, 0.2) is 41.1 Å². The zero-order chi connectivity index (χ0) is 19.8. The van der Waals surface area contributed by atoms with Gasteiger partial charge in [-0.1, -0.05) is 32.0 Å². The molecule has 4 rings (SSSR count). The molecule has 1 amide bonds. The Morgan fingerprint density at radius 2 is 2.11 bits per heavy atom. The number of aromatic nitrogens is 2. The van der Waals surface area contributed by atoms with E-state index in [-0.39, 0.29) is 29.7 Å². The third-order valence-corrected chi connectivity index (χ3v) is 5.83. The lowest BCUT2D eigenvalue weighted by atomic mass is 9.89. The number of fused-ring (bicyclic) bond motifs is 1. The van der Waals surface area contributed by atoms with E-state index in [1.54, 1.807) is 4.68 Å². The fourth-order valence-corrected chi connectivity index (χ4v) is 4.22. The lowest BCUT2D eigenvalue weighted by Gasteiger charge is -2.25. The Kier molecular flexibility index (Phi) is 4.98. The minimum Gasteiger partial charge on any atom is -0.459 e. The predicted molar refractivity (Wildman–Crippen MR) is 109 cm³/mol. The number of carbonyl (C=O) groups excluding carboxylic acids is 1. The van der Waals surface area contributed by atoms with Crippen LogP contribution in [0.2, 0.25) is 0 Å². The number of amides is 1. The van der Waals surface area contributed by atoms with Crippen LogP contribution in [0.4, 0.5) is 0 Å². The standard InChI is InChI=1S/C22H28N4O2/c1-13(2)20(21-14(3)16-7-5-6-8-19(16)28-21)25-22(27)18-11-23-10-17(18)15-9-24-26(4)12-15/h5-9,12-13,17-18,20,23H,10-11H2,1-4H3,(H,25,27)/t17-,18+,20?/m1/s1. The van der Waals surface area contributed by atoms with Crippen molar-refractivity contribution in [1.82, 2.24) is 20.4 Å². The third kappa shape index (κ3) is 3.33. The van der Waals surface area contributed by atoms with Crippen molar-refractivity contribution in [3.8, 4) is 0 Å². The Labute approximate surface area is 165 Å². The topological polar surface area (TPSA) is 72.1 Å². The summed E-state index contributed by atoms with van der Waals surface area (Å²) >= 11 is 0. The Bertz CT molecular complexity index is 988. The van der Waals surface area contributed by atoms with Crippen LogP contribution < -0.4 is 10.6 Å². The molecule has 1 aliphatic rings. The number of nitrogens with zero attached hydrogens (tertiary/aromatic N) is 2. The van der Waals surface area contributed by atoms with E-state index in [2.05, 4.69) is 42.6 Å². The van der Waals surface area contributed by atoms with Gasteiger partial charge in [-0.2, -0.15) is 5.10 Å². The summed E-state index contributed by atoms with van der Waals surface area (Å²) in [7, 11) is 1.90.